The fourth-order valence-electron chi connectivity index (χ4n) is 3.24. The SMILES string of the molecule is CN=C(NCCc1coc(-c2ccc(C)cc2)n1)NCC(O)c1cc2ccccc2s1.I. The standard InChI is InChI=1S/C24H26N4O2S.HI/c1-16-7-9-17(10-8-16)23-28-19(15-30-23)11-12-26-24(25-2)27-14-20(29)22-13-18-5-3-4-6-21(18)31-22;/h3-10,13,15,20,29H,11-12,14H2,1-2H3,(H2,25,26,27);1H. The fraction of sp³-hybridized carbons (Fsp3) is 0.250. The van der Waals surface area contributed by atoms with E-state index in [-0.39, 0.29) is 24.0 Å². The normalized spacial score (nSPS) is 12.4. The maximum absolute atomic E-state index is 10.5. The predicted octanol–water partition coefficient (Wildman–Crippen LogP) is 4.92. The predicted molar refractivity (Wildman–Crippen MR) is 142 cm³/mol. The molecule has 4 aromatic rings. The van der Waals surface area contributed by atoms with Gasteiger partial charge < -0.3 is 20.2 Å². The minimum atomic E-state index is -0.594. The topological polar surface area (TPSA) is 82.7 Å². The van der Waals surface area contributed by atoms with Gasteiger partial charge in [-0.2, -0.15) is 0 Å². The third-order valence-corrected chi connectivity index (χ3v) is 6.20. The summed E-state index contributed by atoms with van der Waals surface area (Å²) in [6.45, 7) is 3.09. The molecule has 32 heavy (non-hydrogen) atoms. The molecule has 6 nitrogen and oxygen atoms in total. The summed E-state index contributed by atoms with van der Waals surface area (Å²) in [6, 6.07) is 18.3. The summed E-state index contributed by atoms with van der Waals surface area (Å²) in [4.78, 5) is 9.73. The van der Waals surface area contributed by atoms with Crippen LogP contribution in [0.1, 0.15) is 22.2 Å². The molecule has 0 saturated carbocycles. The number of benzene rings is 2. The third kappa shape index (κ3) is 6.08. The van der Waals surface area contributed by atoms with Crippen molar-refractivity contribution in [1.82, 2.24) is 15.6 Å². The highest BCUT2D eigenvalue weighted by Crippen LogP contribution is 2.29. The van der Waals surface area contributed by atoms with Crippen LogP contribution in [0.25, 0.3) is 21.5 Å². The van der Waals surface area contributed by atoms with Gasteiger partial charge in [0.15, 0.2) is 5.96 Å². The zero-order valence-electron chi connectivity index (χ0n) is 18.0. The van der Waals surface area contributed by atoms with E-state index >= 15 is 0 Å². The first kappa shape index (κ1) is 24.2. The van der Waals surface area contributed by atoms with Gasteiger partial charge in [-0.25, -0.2) is 4.98 Å². The van der Waals surface area contributed by atoms with Crippen LogP contribution >= 0.6 is 35.3 Å². The van der Waals surface area contributed by atoms with E-state index in [1.54, 1.807) is 24.6 Å². The molecule has 0 saturated heterocycles. The Labute approximate surface area is 208 Å². The molecule has 0 amide bonds. The van der Waals surface area contributed by atoms with Crippen molar-refractivity contribution in [3.63, 3.8) is 0 Å². The highest BCUT2D eigenvalue weighted by atomic mass is 127. The minimum Gasteiger partial charge on any atom is -0.444 e. The number of aliphatic hydroxyl groups is 1. The van der Waals surface area contributed by atoms with Gasteiger partial charge in [-0.05, 0) is 36.6 Å². The van der Waals surface area contributed by atoms with E-state index < -0.39 is 6.10 Å². The first-order valence-electron chi connectivity index (χ1n) is 10.2. The van der Waals surface area contributed by atoms with Gasteiger partial charge in [0.05, 0.1) is 5.69 Å². The number of aliphatic imine (C=N–C) groups is 1. The number of oxazole rings is 1. The third-order valence-electron chi connectivity index (χ3n) is 4.98. The number of aryl methyl sites for hydroxylation is 1. The molecule has 0 aliphatic rings. The van der Waals surface area contributed by atoms with Crippen LogP contribution in [-0.2, 0) is 6.42 Å². The van der Waals surface area contributed by atoms with Crippen LogP contribution < -0.4 is 10.6 Å². The molecule has 3 N–H and O–H groups in total. The molecule has 2 aromatic heterocycles. The molecule has 0 bridgehead atoms. The number of fused-ring (bicyclic) bond motifs is 1. The number of nitrogens with one attached hydrogen (secondary N) is 2. The summed E-state index contributed by atoms with van der Waals surface area (Å²) >= 11 is 1.61. The van der Waals surface area contributed by atoms with Gasteiger partial charge in [0.1, 0.15) is 12.4 Å². The van der Waals surface area contributed by atoms with Gasteiger partial charge in [0.2, 0.25) is 5.89 Å². The number of hydrogen-bond donors (Lipinski definition) is 3. The first-order chi connectivity index (χ1) is 15.1. The van der Waals surface area contributed by atoms with Crippen LogP contribution in [0.15, 0.2) is 70.3 Å². The second-order valence-electron chi connectivity index (χ2n) is 7.34. The summed E-state index contributed by atoms with van der Waals surface area (Å²) in [5, 5.41) is 18.1. The average molecular weight is 562 g/mol. The van der Waals surface area contributed by atoms with Gasteiger partial charge in [-0.1, -0.05) is 35.9 Å². The number of nitrogens with zero attached hydrogens (tertiary/aromatic N) is 2. The van der Waals surface area contributed by atoms with Gasteiger partial charge >= 0.3 is 0 Å². The quantitative estimate of drug-likeness (QED) is 0.169. The number of thiophene rings is 1. The number of aromatic nitrogens is 1. The largest absolute Gasteiger partial charge is 0.444 e. The van der Waals surface area contributed by atoms with E-state index in [2.05, 4.69) is 39.7 Å². The van der Waals surface area contributed by atoms with E-state index in [0.29, 0.717) is 31.4 Å². The highest BCUT2D eigenvalue weighted by molar-refractivity contribution is 14.0. The molecule has 0 spiro atoms. The molecule has 1 atom stereocenters. The van der Waals surface area contributed by atoms with E-state index in [1.165, 1.54) is 10.3 Å². The Balaban J connectivity index is 0.00000289. The summed E-state index contributed by atoms with van der Waals surface area (Å²) < 4.78 is 6.79. The Hall–Kier alpha value is -2.43. The van der Waals surface area contributed by atoms with Crippen molar-refractivity contribution in [3.8, 4) is 11.5 Å². The number of hydrogen-bond acceptors (Lipinski definition) is 5. The monoisotopic (exact) mass is 562 g/mol. The lowest BCUT2D eigenvalue weighted by Gasteiger charge is -2.14. The van der Waals surface area contributed by atoms with Gasteiger partial charge in [-0.3, -0.25) is 4.99 Å². The molecular weight excluding hydrogens is 535 g/mol. The molecule has 0 radical (unpaired) electrons. The minimum absolute atomic E-state index is 0. The zero-order valence-corrected chi connectivity index (χ0v) is 21.2. The summed E-state index contributed by atoms with van der Waals surface area (Å²) in [5.74, 6) is 1.27. The lowest BCUT2D eigenvalue weighted by atomic mass is 10.1. The Morgan fingerprint density at radius 2 is 1.94 bits per heavy atom. The number of halogens is 1. The summed E-state index contributed by atoms with van der Waals surface area (Å²) in [6.07, 6.45) is 1.80. The Morgan fingerprint density at radius 1 is 1.16 bits per heavy atom. The Morgan fingerprint density at radius 3 is 2.69 bits per heavy atom. The van der Waals surface area contributed by atoms with Crippen LogP contribution in [0, 0.1) is 6.92 Å². The van der Waals surface area contributed by atoms with Crippen molar-refractivity contribution in [3.05, 3.63) is 77.0 Å². The number of guanidine groups is 1. The molecule has 0 aliphatic heterocycles. The lowest BCUT2D eigenvalue weighted by Crippen LogP contribution is -2.40. The van der Waals surface area contributed by atoms with Crippen LogP contribution in [0.2, 0.25) is 0 Å². The molecule has 8 heteroatoms. The van der Waals surface area contributed by atoms with Crippen molar-refractivity contribution in [2.75, 3.05) is 20.1 Å². The van der Waals surface area contributed by atoms with E-state index in [4.69, 9.17) is 4.42 Å². The van der Waals surface area contributed by atoms with E-state index in [9.17, 15) is 5.11 Å². The van der Waals surface area contributed by atoms with Crippen LogP contribution in [0.5, 0.6) is 0 Å². The molecule has 0 fully saturated rings. The fourth-order valence-corrected chi connectivity index (χ4v) is 4.29. The summed E-state index contributed by atoms with van der Waals surface area (Å²) in [5.41, 5.74) is 3.05. The van der Waals surface area contributed by atoms with Gasteiger partial charge in [-0.15, -0.1) is 35.3 Å². The molecule has 4 rings (SSSR count). The van der Waals surface area contributed by atoms with Crippen molar-refractivity contribution in [2.45, 2.75) is 19.4 Å². The smallest absolute Gasteiger partial charge is 0.226 e. The van der Waals surface area contributed by atoms with Crippen LogP contribution in [0.4, 0.5) is 0 Å². The maximum atomic E-state index is 10.5. The van der Waals surface area contributed by atoms with Gasteiger partial charge in [0, 0.05) is 41.7 Å². The number of rotatable bonds is 7. The highest BCUT2D eigenvalue weighted by Gasteiger charge is 2.12. The molecular formula is C24H27IN4O2S. The van der Waals surface area contributed by atoms with Crippen molar-refractivity contribution < 1.29 is 9.52 Å². The van der Waals surface area contributed by atoms with Gasteiger partial charge in [0.25, 0.3) is 0 Å². The first-order valence-corrected chi connectivity index (χ1v) is 11.1. The Kier molecular flexibility index (Phi) is 8.66. The van der Waals surface area contributed by atoms with Crippen LogP contribution in [-0.4, -0.2) is 36.2 Å². The number of aliphatic hydroxyl groups excluding tert-OH is 1. The molecule has 168 valence electrons. The molecule has 0 aliphatic carbocycles. The van der Waals surface area contributed by atoms with Crippen molar-refractivity contribution in [1.29, 1.82) is 0 Å². The molecule has 1 unspecified atom stereocenters. The van der Waals surface area contributed by atoms with Crippen LogP contribution in [0.3, 0.4) is 0 Å². The summed E-state index contributed by atoms with van der Waals surface area (Å²) in [7, 11) is 1.72. The average Bonchev–Trinajstić information content (AvgIpc) is 3.43. The van der Waals surface area contributed by atoms with Crippen molar-refractivity contribution >= 4 is 51.4 Å². The van der Waals surface area contributed by atoms with Crippen molar-refractivity contribution in [2.24, 2.45) is 4.99 Å². The molecule has 2 heterocycles. The lowest BCUT2D eigenvalue weighted by molar-refractivity contribution is 0.184. The van der Waals surface area contributed by atoms with E-state index in [0.717, 1.165) is 21.5 Å². The maximum Gasteiger partial charge on any atom is 0.226 e. The molecule has 2 aromatic carbocycles. The zero-order chi connectivity index (χ0) is 21.6. The second-order valence-corrected chi connectivity index (χ2v) is 8.46. The van der Waals surface area contributed by atoms with E-state index in [1.807, 2.05) is 42.5 Å². The second kappa shape index (κ2) is 11.4. The Bertz CT molecular complexity index is 1140.